The summed E-state index contributed by atoms with van der Waals surface area (Å²) in [4.78, 5) is 30.6. The summed E-state index contributed by atoms with van der Waals surface area (Å²) in [5.41, 5.74) is 0.410. The molecule has 4 rings (SSSR count). The van der Waals surface area contributed by atoms with Crippen molar-refractivity contribution in [2.24, 2.45) is 0 Å². The molecule has 0 saturated heterocycles. The number of carbonyl (C=O) groups is 1. The van der Waals surface area contributed by atoms with Crippen LogP contribution in [0.2, 0.25) is 0 Å². The molecule has 4 aromatic rings. The number of benzene rings is 3. The Balaban J connectivity index is 1.68. The maximum atomic E-state index is 14.6. The fourth-order valence-corrected chi connectivity index (χ4v) is 4.37. The first-order valence-electron chi connectivity index (χ1n) is 10.4. The number of hydrogen-bond acceptors (Lipinski definition) is 4. The Morgan fingerprint density at radius 2 is 1.65 bits per heavy atom. The van der Waals surface area contributed by atoms with Crippen LogP contribution >= 0.6 is 11.8 Å². The standard InChI is InChI=1S/C25H20F3N3O2S/c1-14(16-7-9-17(26)10-8-16)29-23(32)15(2)34-25-30-21-6-4-3-5-19(21)24(33)31(25)22-12-11-18(27)13-20(22)28/h3-15H,1-2H3,(H,29,32). The average molecular weight is 484 g/mol. The lowest BCUT2D eigenvalue weighted by atomic mass is 10.1. The van der Waals surface area contributed by atoms with E-state index in [1.165, 1.54) is 12.1 Å². The number of halogens is 3. The van der Waals surface area contributed by atoms with Gasteiger partial charge in [0.25, 0.3) is 5.56 Å². The van der Waals surface area contributed by atoms with Crippen molar-refractivity contribution >= 4 is 28.6 Å². The Morgan fingerprint density at radius 3 is 2.35 bits per heavy atom. The number of nitrogens with one attached hydrogen (secondary N) is 1. The number of aromatic nitrogens is 2. The van der Waals surface area contributed by atoms with Crippen molar-refractivity contribution in [3.63, 3.8) is 0 Å². The normalized spacial score (nSPS) is 13.0. The molecule has 2 atom stereocenters. The molecule has 3 aromatic carbocycles. The van der Waals surface area contributed by atoms with E-state index in [4.69, 9.17) is 0 Å². The molecule has 0 fully saturated rings. The Hall–Kier alpha value is -3.59. The second kappa shape index (κ2) is 9.72. The van der Waals surface area contributed by atoms with Crippen LogP contribution in [0.5, 0.6) is 0 Å². The van der Waals surface area contributed by atoms with E-state index in [9.17, 15) is 22.8 Å². The van der Waals surface area contributed by atoms with E-state index in [1.54, 1.807) is 50.2 Å². The molecule has 1 aromatic heterocycles. The zero-order valence-corrected chi connectivity index (χ0v) is 19.1. The molecule has 1 N–H and O–H groups in total. The van der Waals surface area contributed by atoms with Crippen LogP contribution in [0.1, 0.15) is 25.5 Å². The van der Waals surface area contributed by atoms with E-state index >= 15 is 0 Å². The number of hydrogen-bond donors (Lipinski definition) is 1. The number of rotatable bonds is 6. The first-order valence-corrected chi connectivity index (χ1v) is 11.3. The smallest absolute Gasteiger partial charge is 0.266 e. The van der Waals surface area contributed by atoms with Crippen LogP contribution in [-0.2, 0) is 4.79 Å². The molecule has 0 spiro atoms. The highest BCUT2D eigenvalue weighted by Crippen LogP contribution is 2.27. The fraction of sp³-hybridized carbons (Fsp3) is 0.160. The Kier molecular flexibility index (Phi) is 6.74. The van der Waals surface area contributed by atoms with E-state index in [0.29, 0.717) is 11.6 Å². The molecular formula is C25H20F3N3O2S. The molecule has 0 aliphatic heterocycles. The minimum absolute atomic E-state index is 0.0892. The van der Waals surface area contributed by atoms with Gasteiger partial charge in [0, 0.05) is 6.07 Å². The molecule has 2 unspecified atom stereocenters. The molecule has 34 heavy (non-hydrogen) atoms. The van der Waals surface area contributed by atoms with Crippen molar-refractivity contribution in [3.8, 4) is 5.69 Å². The maximum Gasteiger partial charge on any atom is 0.266 e. The lowest BCUT2D eigenvalue weighted by Gasteiger charge is -2.19. The van der Waals surface area contributed by atoms with Gasteiger partial charge in [-0.1, -0.05) is 36.0 Å². The van der Waals surface area contributed by atoms with Crippen molar-refractivity contribution in [1.29, 1.82) is 0 Å². The van der Waals surface area contributed by atoms with Crippen LogP contribution < -0.4 is 10.9 Å². The van der Waals surface area contributed by atoms with Crippen molar-refractivity contribution in [2.45, 2.75) is 30.3 Å². The monoisotopic (exact) mass is 483 g/mol. The largest absolute Gasteiger partial charge is 0.349 e. The Labute approximate surface area is 197 Å². The molecule has 0 aliphatic carbocycles. The lowest BCUT2D eigenvalue weighted by Crippen LogP contribution is -2.33. The molecule has 5 nitrogen and oxygen atoms in total. The highest BCUT2D eigenvalue weighted by atomic mass is 32.2. The van der Waals surface area contributed by atoms with Gasteiger partial charge in [-0.15, -0.1) is 0 Å². The zero-order valence-electron chi connectivity index (χ0n) is 18.3. The highest BCUT2D eigenvalue weighted by Gasteiger charge is 2.23. The summed E-state index contributed by atoms with van der Waals surface area (Å²) in [7, 11) is 0. The predicted octanol–water partition coefficient (Wildman–Crippen LogP) is 5.16. The zero-order chi connectivity index (χ0) is 24.4. The van der Waals surface area contributed by atoms with Gasteiger partial charge in [0.2, 0.25) is 5.91 Å². The predicted molar refractivity (Wildman–Crippen MR) is 126 cm³/mol. The number of carbonyl (C=O) groups excluding carboxylic acids is 1. The van der Waals surface area contributed by atoms with Gasteiger partial charge in [-0.3, -0.25) is 14.2 Å². The fourth-order valence-electron chi connectivity index (χ4n) is 3.44. The Morgan fingerprint density at radius 1 is 0.971 bits per heavy atom. The number of amides is 1. The summed E-state index contributed by atoms with van der Waals surface area (Å²) in [5.74, 6) is -2.43. The van der Waals surface area contributed by atoms with Gasteiger partial charge in [-0.25, -0.2) is 18.2 Å². The van der Waals surface area contributed by atoms with E-state index in [1.807, 2.05) is 0 Å². The van der Waals surface area contributed by atoms with Crippen molar-refractivity contribution in [1.82, 2.24) is 14.9 Å². The van der Waals surface area contributed by atoms with Crippen LogP contribution in [0, 0.1) is 17.5 Å². The number of thioether (sulfide) groups is 1. The van der Waals surface area contributed by atoms with Gasteiger partial charge >= 0.3 is 0 Å². The first-order chi connectivity index (χ1) is 16.2. The maximum absolute atomic E-state index is 14.6. The molecule has 0 saturated carbocycles. The molecule has 174 valence electrons. The summed E-state index contributed by atoms with van der Waals surface area (Å²) in [6.45, 7) is 3.39. The van der Waals surface area contributed by atoms with Crippen LogP contribution in [-0.4, -0.2) is 20.7 Å². The number of para-hydroxylation sites is 1. The molecule has 1 amide bonds. The minimum Gasteiger partial charge on any atom is -0.349 e. The van der Waals surface area contributed by atoms with Crippen molar-refractivity contribution in [2.75, 3.05) is 0 Å². The number of nitrogens with zero attached hydrogens (tertiary/aromatic N) is 2. The summed E-state index contributed by atoms with van der Waals surface area (Å²) >= 11 is 0.974. The minimum atomic E-state index is -0.928. The molecule has 1 heterocycles. The molecule has 0 aliphatic rings. The first kappa shape index (κ1) is 23.6. The average Bonchev–Trinajstić information content (AvgIpc) is 2.80. The van der Waals surface area contributed by atoms with E-state index in [0.717, 1.165) is 34.0 Å². The van der Waals surface area contributed by atoms with Gasteiger partial charge < -0.3 is 5.32 Å². The summed E-state index contributed by atoms with van der Waals surface area (Å²) < 4.78 is 42.4. The third-order valence-corrected chi connectivity index (χ3v) is 6.33. The molecule has 9 heteroatoms. The summed E-state index contributed by atoms with van der Waals surface area (Å²) in [5, 5.41) is 2.48. The molecule has 0 radical (unpaired) electrons. The van der Waals surface area contributed by atoms with Gasteiger partial charge in [-0.2, -0.15) is 0 Å². The van der Waals surface area contributed by atoms with Gasteiger partial charge in [0.05, 0.1) is 27.9 Å². The van der Waals surface area contributed by atoms with Crippen LogP contribution in [0.15, 0.2) is 76.7 Å². The van der Waals surface area contributed by atoms with E-state index < -0.39 is 28.5 Å². The Bertz CT molecular complexity index is 1420. The third-order valence-electron chi connectivity index (χ3n) is 5.28. The van der Waals surface area contributed by atoms with E-state index in [-0.39, 0.29) is 28.0 Å². The van der Waals surface area contributed by atoms with Gasteiger partial charge in [-0.05, 0) is 55.8 Å². The molecular weight excluding hydrogens is 463 g/mol. The summed E-state index contributed by atoms with van der Waals surface area (Å²) in [6, 6.07) is 14.9. The second-order valence-corrected chi connectivity index (χ2v) is 9.00. The topological polar surface area (TPSA) is 64.0 Å². The van der Waals surface area contributed by atoms with Gasteiger partial charge in [0.1, 0.15) is 17.5 Å². The summed E-state index contributed by atoms with van der Waals surface area (Å²) in [6.07, 6.45) is 0. The highest BCUT2D eigenvalue weighted by molar-refractivity contribution is 8.00. The second-order valence-electron chi connectivity index (χ2n) is 7.69. The molecule has 0 bridgehead atoms. The van der Waals surface area contributed by atoms with Crippen LogP contribution in [0.4, 0.5) is 13.2 Å². The van der Waals surface area contributed by atoms with E-state index in [2.05, 4.69) is 10.3 Å². The quantitative estimate of drug-likeness (QED) is 0.304. The van der Waals surface area contributed by atoms with Crippen molar-refractivity contribution in [3.05, 3.63) is 100 Å². The SMILES string of the molecule is CC(Sc1nc2ccccc2c(=O)n1-c1ccc(F)cc1F)C(=O)NC(C)c1ccc(F)cc1. The third kappa shape index (κ3) is 4.84. The van der Waals surface area contributed by atoms with Crippen molar-refractivity contribution < 1.29 is 18.0 Å². The lowest BCUT2D eigenvalue weighted by molar-refractivity contribution is -0.120. The van der Waals surface area contributed by atoms with Crippen LogP contribution in [0.3, 0.4) is 0 Å². The van der Waals surface area contributed by atoms with Gasteiger partial charge in [0.15, 0.2) is 5.16 Å². The number of fused-ring (bicyclic) bond motifs is 1. The van der Waals surface area contributed by atoms with Crippen LogP contribution in [0.25, 0.3) is 16.6 Å².